The number of imidazole rings is 1. The van der Waals surface area contributed by atoms with Crippen molar-refractivity contribution in [2.75, 3.05) is 5.32 Å². The van der Waals surface area contributed by atoms with Crippen LogP contribution in [-0.2, 0) is 0 Å². The lowest BCUT2D eigenvalue weighted by Crippen LogP contribution is -1.97. The van der Waals surface area contributed by atoms with Gasteiger partial charge in [-0.3, -0.25) is 4.98 Å². The van der Waals surface area contributed by atoms with Crippen molar-refractivity contribution in [1.29, 1.82) is 5.26 Å². The van der Waals surface area contributed by atoms with Gasteiger partial charge in [0.05, 0.1) is 24.1 Å². The number of hydrogen-bond acceptors (Lipinski definition) is 7. The molecule has 8 nitrogen and oxygen atoms in total. The van der Waals surface area contributed by atoms with Crippen molar-refractivity contribution >= 4 is 22.7 Å². The van der Waals surface area contributed by atoms with Crippen LogP contribution < -0.4 is 5.32 Å². The van der Waals surface area contributed by atoms with Gasteiger partial charge in [0.25, 0.3) is 0 Å². The first-order valence-corrected chi connectivity index (χ1v) is 7.07. The smallest absolute Gasteiger partial charge is 0.158 e. The number of aromatic amines is 1. The molecule has 0 fully saturated rings. The van der Waals surface area contributed by atoms with E-state index in [-0.39, 0.29) is 5.69 Å². The third-order valence-electron chi connectivity index (χ3n) is 3.34. The molecule has 0 amide bonds. The standard InChI is InChI=1S/C16H10N8/c17-6-11-7-20-15(9-19-11)24-14-5-12-13(8-21-14)23-16(22-12)10-1-3-18-4-2-10/h1-5,7-9H,(H,22,23)(H,20,21,24). The predicted octanol–water partition coefficient (Wildman–Crippen LogP) is 2.43. The number of rotatable bonds is 3. The van der Waals surface area contributed by atoms with Crippen molar-refractivity contribution in [1.82, 2.24) is 29.9 Å². The number of nitriles is 1. The normalized spacial score (nSPS) is 10.5. The molecule has 0 aliphatic carbocycles. The van der Waals surface area contributed by atoms with E-state index in [0.29, 0.717) is 11.6 Å². The molecule has 0 atom stereocenters. The average molecular weight is 314 g/mol. The van der Waals surface area contributed by atoms with Gasteiger partial charge in [0.2, 0.25) is 0 Å². The van der Waals surface area contributed by atoms with Gasteiger partial charge in [-0.2, -0.15) is 5.26 Å². The number of aromatic nitrogens is 6. The molecule has 0 spiro atoms. The Morgan fingerprint density at radius 2 is 1.83 bits per heavy atom. The summed E-state index contributed by atoms with van der Waals surface area (Å²) >= 11 is 0. The number of hydrogen-bond donors (Lipinski definition) is 2. The van der Waals surface area contributed by atoms with E-state index >= 15 is 0 Å². The SMILES string of the molecule is N#Cc1cnc(Nc2cc3[nH]c(-c4ccncc4)nc3cn2)cn1. The van der Waals surface area contributed by atoms with Crippen LogP contribution >= 0.6 is 0 Å². The summed E-state index contributed by atoms with van der Waals surface area (Å²) in [4.78, 5) is 24.2. The molecular formula is C16H10N8. The third kappa shape index (κ3) is 2.62. The van der Waals surface area contributed by atoms with Crippen molar-refractivity contribution in [3.8, 4) is 17.5 Å². The minimum atomic E-state index is 0.263. The zero-order valence-electron chi connectivity index (χ0n) is 12.3. The minimum Gasteiger partial charge on any atom is -0.338 e. The number of pyridine rings is 2. The molecule has 0 radical (unpaired) electrons. The summed E-state index contributed by atoms with van der Waals surface area (Å²) in [6.07, 6.45) is 8.00. The molecule has 0 bridgehead atoms. The number of nitrogens with zero attached hydrogens (tertiary/aromatic N) is 6. The Kier molecular flexibility index (Phi) is 3.29. The quantitative estimate of drug-likeness (QED) is 0.596. The van der Waals surface area contributed by atoms with Crippen LogP contribution in [0.5, 0.6) is 0 Å². The lowest BCUT2D eigenvalue weighted by Gasteiger charge is -2.03. The van der Waals surface area contributed by atoms with Crippen LogP contribution in [0.3, 0.4) is 0 Å². The van der Waals surface area contributed by atoms with Crippen molar-refractivity contribution in [3.05, 3.63) is 54.9 Å². The second-order valence-corrected chi connectivity index (χ2v) is 4.93. The van der Waals surface area contributed by atoms with E-state index in [4.69, 9.17) is 5.26 Å². The minimum absolute atomic E-state index is 0.263. The molecule has 0 unspecified atom stereocenters. The molecule has 4 aromatic rings. The number of H-pyrrole nitrogens is 1. The van der Waals surface area contributed by atoms with Crippen LogP contribution in [0.15, 0.2) is 49.2 Å². The van der Waals surface area contributed by atoms with Crippen molar-refractivity contribution < 1.29 is 0 Å². The van der Waals surface area contributed by atoms with E-state index in [0.717, 1.165) is 22.4 Å². The number of anilines is 2. The summed E-state index contributed by atoms with van der Waals surface area (Å²) in [6.45, 7) is 0. The first-order valence-electron chi connectivity index (χ1n) is 7.07. The van der Waals surface area contributed by atoms with E-state index in [1.54, 1.807) is 18.6 Å². The summed E-state index contributed by atoms with van der Waals surface area (Å²) in [6, 6.07) is 7.54. The van der Waals surface area contributed by atoms with Crippen LogP contribution in [-0.4, -0.2) is 29.9 Å². The van der Waals surface area contributed by atoms with Crippen LogP contribution in [0.25, 0.3) is 22.4 Å². The first-order chi connectivity index (χ1) is 11.8. The van der Waals surface area contributed by atoms with Crippen molar-refractivity contribution in [2.24, 2.45) is 0 Å². The molecule has 24 heavy (non-hydrogen) atoms. The number of nitrogens with one attached hydrogen (secondary N) is 2. The Labute approximate surface area is 136 Å². The summed E-state index contributed by atoms with van der Waals surface area (Å²) in [5.74, 6) is 1.87. The van der Waals surface area contributed by atoms with Crippen molar-refractivity contribution in [2.45, 2.75) is 0 Å². The second kappa shape index (κ2) is 5.73. The van der Waals surface area contributed by atoms with Crippen LogP contribution in [0, 0.1) is 11.3 Å². The summed E-state index contributed by atoms with van der Waals surface area (Å²) < 4.78 is 0. The highest BCUT2D eigenvalue weighted by Crippen LogP contribution is 2.21. The highest BCUT2D eigenvalue weighted by Gasteiger charge is 2.07. The van der Waals surface area contributed by atoms with Crippen LogP contribution in [0.1, 0.15) is 5.69 Å². The van der Waals surface area contributed by atoms with E-state index in [9.17, 15) is 0 Å². The van der Waals surface area contributed by atoms with Gasteiger partial charge in [-0.05, 0) is 12.1 Å². The Bertz CT molecular complexity index is 1030. The van der Waals surface area contributed by atoms with Gasteiger partial charge in [0.1, 0.15) is 29.0 Å². The molecule has 0 saturated carbocycles. The fourth-order valence-corrected chi connectivity index (χ4v) is 2.21. The molecule has 4 aromatic heterocycles. The van der Waals surface area contributed by atoms with Crippen molar-refractivity contribution in [3.63, 3.8) is 0 Å². The zero-order valence-corrected chi connectivity index (χ0v) is 12.3. The summed E-state index contributed by atoms with van der Waals surface area (Å²) in [7, 11) is 0. The molecule has 0 aromatic carbocycles. The van der Waals surface area contributed by atoms with Gasteiger partial charge in [0.15, 0.2) is 5.69 Å². The topological polar surface area (TPSA) is 116 Å². The highest BCUT2D eigenvalue weighted by molar-refractivity contribution is 5.81. The molecule has 0 aliphatic rings. The maximum Gasteiger partial charge on any atom is 0.158 e. The molecule has 114 valence electrons. The Morgan fingerprint density at radius 1 is 1.00 bits per heavy atom. The second-order valence-electron chi connectivity index (χ2n) is 4.93. The largest absolute Gasteiger partial charge is 0.338 e. The van der Waals surface area contributed by atoms with E-state index < -0.39 is 0 Å². The predicted molar refractivity (Wildman–Crippen MR) is 87.1 cm³/mol. The summed E-state index contributed by atoms with van der Waals surface area (Å²) in [5.41, 5.74) is 2.83. The third-order valence-corrected chi connectivity index (χ3v) is 3.34. The molecule has 4 rings (SSSR count). The van der Waals surface area contributed by atoms with E-state index in [1.165, 1.54) is 12.4 Å². The fraction of sp³-hybridized carbons (Fsp3) is 0. The molecule has 0 aliphatic heterocycles. The van der Waals surface area contributed by atoms with Gasteiger partial charge < -0.3 is 10.3 Å². The lowest BCUT2D eigenvalue weighted by atomic mass is 10.2. The fourth-order valence-electron chi connectivity index (χ4n) is 2.21. The van der Waals surface area contributed by atoms with Gasteiger partial charge in [-0.1, -0.05) is 0 Å². The molecule has 4 heterocycles. The highest BCUT2D eigenvalue weighted by atomic mass is 15.1. The summed E-state index contributed by atoms with van der Waals surface area (Å²) in [5, 5.41) is 11.8. The lowest BCUT2D eigenvalue weighted by molar-refractivity contribution is 1.15. The molecule has 8 heteroatoms. The van der Waals surface area contributed by atoms with E-state index in [1.807, 2.05) is 24.3 Å². The molecule has 0 saturated heterocycles. The van der Waals surface area contributed by atoms with Gasteiger partial charge >= 0.3 is 0 Å². The Balaban J connectivity index is 1.64. The monoisotopic (exact) mass is 314 g/mol. The van der Waals surface area contributed by atoms with Crippen LogP contribution in [0.4, 0.5) is 11.6 Å². The maximum atomic E-state index is 8.73. The molecular weight excluding hydrogens is 304 g/mol. The first kappa shape index (κ1) is 13.8. The zero-order chi connectivity index (χ0) is 16.4. The van der Waals surface area contributed by atoms with Gasteiger partial charge in [0, 0.05) is 24.0 Å². The molecule has 2 N–H and O–H groups in total. The number of fused-ring (bicyclic) bond motifs is 1. The average Bonchev–Trinajstić information content (AvgIpc) is 3.06. The van der Waals surface area contributed by atoms with Crippen LogP contribution in [0.2, 0.25) is 0 Å². The maximum absolute atomic E-state index is 8.73. The Morgan fingerprint density at radius 3 is 2.58 bits per heavy atom. The van der Waals surface area contributed by atoms with Gasteiger partial charge in [-0.25, -0.2) is 19.9 Å². The Hall–Kier alpha value is -3.86. The van der Waals surface area contributed by atoms with Gasteiger partial charge in [-0.15, -0.1) is 0 Å². The van der Waals surface area contributed by atoms with E-state index in [2.05, 4.69) is 35.2 Å².